The Labute approximate surface area is 91.6 Å². The largest absolute Gasteiger partial charge is 0.484 e. The van der Waals surface area contributed by atoms with Crippen molar-refractivity contribution < 1.29 is 19.6 Å². The van der Waals surface area contributed by atoms with Crippen molar-refractivity contribution in [2.45, 2.75) is 13.0 Å². The van der Waals surface area contributed by atoms with Gasteiger partial charge in [0.05, 0.1) is 11.0 Å². The van der Waals surface area contributed by atoms with Crippen molar-refractivity contribution in [3.8, 4) is 5.75 Å². The number of hydrogen-bond acceptors (Lipinski definition) is 5. The molecule has 0 aliphatic rings. The minimum Gasteiger partial charge on any atom is -0.484 e. The van der Waals surface area contributed by atoms with Crippen LogP contribution < -0.4 is 4.74 Å². The van der Waals surface area contributed by atoms with E-state index in [1.807, 2.05) is 0 Å². The van der Waals surface area contributed by atoms with Crippen molar-refractivity contribution >= 4 is 12.0 Å². The highest BCUT2D eigenvalue weighted by Crippen LogP contribution is 2.27. The Balaban J connectivity index is 2.98. The quantitative estimate of drug-likeness (QED) is 0.461. The molecule has 0 aliphatic heterocycles. The summed E-state index contributed by atoms with van der Waals surface area (Å²) in [4.78, 5) is 20.5. The van der Waals surface area contributed by atoms with Gasteiger partial charge in [-0.15, -0.1) is 0 Å². The summed E-state index contributed by atoms with van der Waals surface area (Å²) in [6.07, 6.45) is -0.198. The minimum atomic E-state index is -0.717. The number of ether oxygens (including phenoxy) is 1. The van der Waals surface area contributed by atoms with Gasteiger partial charge in [0, 0.05) is 11.6 Å². The van der Waals surface area contributed by atoms with Crippen LogP contribution in [-0.4, -0.2) is 29.0 Å². The smallest absolute Gasteiger partial charge is 0.311 e. The topological polar surface area (TPSA) is 89.7 Å². The van der Waals surface area contributed by atoms with Gasteiger partial charge in [-0.2, -0.15) is 0 Å². The summed E-state index contributed by atoms with van der Waals surface area (Å²) in [5.74, 6) is 0.0384. The zero-order valence-corrected chi connectivity index (χ0v) is 8.62. The minimum absolute atomic E-state index is 0.0384. The van der Waals surface area contributed by atoms with Gasteiger partial charge in [0.2, 0.25) is 0 Å². The average molecular weight is 225 g/mol. The zero-order chi connectivity index (χ0) is 12.1. The molecule has 0 heterocycles. The average Bonchev–Trinajstić information content (AvgIpc) is 2.25. The van der Waals surface area contributed by atoms with E-state index in [9.17, 15) is 14.9 Å². The molecule has 0 radical (unpaired) electrons. The zero-order valence-electron chi connectivity index (χ0n) is 8.62. The molecule has 0 aliphatic carbocycles. The summed E-state index contributed by atoms with van der Waals surface area (Å²) in [5, 5.41) is 19.7. The summed E-state index contributed by atoms with van der Waals surface area (Å²) in [7, 11) is 0. The highest BCUT2D eigenvalue weighted by Gasteiger charge is 2.16. The molecule has 0 aromatic heterocycles. The standard InChI is InChI=1S/C10H11NO5/c1-7(13)6-16-10-3-2-8(5-12)4-9(10)11(14)15/h2-5,7,13H,6H2,1H3. The third-order valence-electron chi connectivity index (χ3n) is 1.80. The Bertz CT molecular complexity index is 402. The molecule has 0 fully saturated rings. The van der Waals surface area contributed by atoms with Crippen LogP contribution in [0, 0.1) is 10.1 Å². The second-order valence-corrected chi connectivity index (χ2v) is 3.26. The van der Waals surface area contributed by atoms with Crippen LogP contribution in [0.2, 0.25) is 0 Å². The van der Waals surface area contributed by atoms with Crippen LogP contribution in [0.3, 0.4) is 0 Å². The number of carbonyl (C=O) groups is 1. The van der Waals surface area contributed by atoms with E-state index in [1.54, 1.807) is 0 Å². The second-order valence-electron chi connectivity index (χ2n) is 3.26. The molecule has 1 aromatic rings. The lowest BCUT2D eigenvalue weighted by Crippen LogP contribution is -2.13. The van der Waals surface area contributed by atoms with E-state index in [2.05, 4.69) is 0 Å². The number of benzene rings is 1. The molecule has 1 atom stereocenters. The maximum Gasteiger partial charge on any atom is 0.311 e. The molecular formula is C10H11NO5. The third kappa shape index (κ3) is 3.03. The summed E-state index contributed by atoms with van der Waals surface area (Å²) < 4.78 is 5.05. The monoisotopic (exact) mass is 225 g/mol. The van der Waals surface area contributed by atoms with Crippen molar-refractivity contribution in [2.24, 2.45) is 0 Å². The fraction of sp³-hybridized carbons (Fsp3) is 0.300. The lowest BCUT2D eigenvalue weighted by Gasteiger charge is -2.08. The van der Waals surface area contributed by atoms with E-state index < -0.39 is 11.0 Å². The predicted octanol–water partition coefficient (Wildman–Crippen LogP) is 1.17. The number of aliphatic hydroxyl groups is 1. The molecule has 0 saturated carbocycles. The van der Waals surface area contributed by atoms with Crippen molar-refractivity contribution in [1.29, 1.82) is 0 Å². The van der Waals surface area contributed by atoms with E-state index in [0.29, 0.717) is 6.29 Å². The van der Waals surface area contributed by atoms with Crippen molar-refractivity contribution in [3.63, 3.8) is 0 Å². The Morgan fingerprint density at radius 1 is 1.62 bits per heavy atom. The molecule has 0 spiro atoms. The number of nitro groups is 1. The Hall–Kier alpha value is -1.95. The number of nitrogens with zero attached hydrogens (tertiary/aromatic N) is 1. The van der Waals surface area contributed by atoms with Crippen LogP contribution in [0.15, 0.2) is 18.2 Å². The summed E-state index contributed by atoms with van der Waals surface area (Å²) in [5.41, 5.74) is -0.0821. The SMILES string of the molecule is CC(O)COc1ccc(C=O)cc1[N+](=O)[O-]. The van der Waals surface area contributed by atoms with Crippen LogP contribution in [0.1, 0.15) is 17.3 Å². The van der Waals surface area contributed by atoms with Gasteiger partial charge in [0.25, 0.3) is 0 Å². The molecule has 6 nitrogen and oxygen atoms in total. The van der Waals surface area contributed by atoms with Crippen LogP contribution in [0.4, 0.5) is 5.69 Å². The van der Waals surface area contributed by atoms with Crippen molar-refractivity contribution in [2.75, 3.05) is 6.61 Å². The van der Waals surface area contributed by atoms with Crippen LogP contribution in [0.25, 0.3) is 0 Å². The molecule has 1 N–H and O–H groups in total. The van der Waals surface area contributed by atoms with Gasteiger partial charge in [-0.05, 0) is 19.1 Å². The molecule has 16 heavy (non-hydrogen) atoms. The second kappa shape index (κ2) is 5.22. The maximum atomic E-state index is 10.7. The first kappa shape index (κ1) is 12.1. The van der Waals surface area contributed by atoms with Gasteiger partial charge in [-0.3, -0.25) is 14.9 Å². The molecule has 6 heteroatoms. The van der Waals surface area contributed by atoms with E-state index in [4.69, 9.17) is 9.84 Å². The highest BCUT2D eigenvalue weighted by atomic mass is 16.6. The molecule has 86 valence electrons. The molecule has 0 bridgehead atoms. The molecule has 1 aromatic carbocycles. The molecular weight excluding hydrogens is 214 g/mol. The van der Waals surface area contributed by atoms with E-state index in [-0.39, 0.29) is 23.6 Å². The number of rotatable bonds is 5. The van der Waals surface area contributed by atoms with Crippen molar-refractivity contribution in [3.05, 3.63) is 33.9 Å². The maximum absolute atomic E-state index is 10.7. The van der Waals surface area contributed by atoms with Gasteiger partial charge in [-0.25, -0.2) is 0 Å². The van der Waals surface area contributed by atoms with Crippen molar-refractivity contribution in [1.82, 2.24) is 0 Å². The summed E-state index contributed by atoms with van der Waals surface area (Å²) in [6.45, 7) is 1.47. The first-order chi connectivity index (χ1) is 7.54. The summed E-state index contributed by atoms with van der Waals surface area (Å²) >= 11 is 0. The highest BCUT2D eigenvalue weighted by molar-refractivity contribution is 5.77. The number of aliphatic hydroxyl groups excluding tert-OH is 1. The fourth-order valence-corrected chi connectivity index (χ4v) is 1.08. The predicted molar refractivity (Wildman–Crippen MR) is 55.7 cm³/mol. The van der Waals surface area contributed by atoms with Gasteiger partial charge in [0.1, 0.15) is 12.9 Å². The summed E-state index contributed by atoms with van der Waals surface area (Å²) in [6, 6.07) is 3.88. The van der Waals surface area contributed by atoms with Crippen LogP contribution in [0.5, 0.6) is 5.75 Å². The third-order valence-corrected chi connectivity index (χ3v) is 1.80. The number of aldehydes is 1. The molecule has 0 saturated heterocycles. The fourth-order valence-electron chi connectivity index (χ4n) is 1.08. The van der Waals surface area contributed by atoms with E-state index >= 15 is 0 Å². The number of hydrogen-bond donors (Lipinski definition) is 1. The van der Waals surface area contributed by atoms with Gasteiger partial charge in [0.15, 0.2) is 5.75 Å². The first-order valence-corrected chi connectivity index (χ1v) is 4.59. The lowest BCUT2D eigenvalue weighted by molar-refractivity contribution is -0.385. The van der Waals surface area contributed by atoms with Crippen LogP contribution in [-0.2, 0) is 0 Å². The Morgan fingerprint density at radius 3 is 2.81 bits per heavy atom. The lowest BCUT2D eigenvalue weighted by atomic mass is 10.2. The Morgan fingerprint density at radius 2 is 2.31 bits per heavy atom. The Kier molecular flexibility index (Phi) is 3.96. The molecule has 1 rings (SSSR count). The van der Waals surface area contributed by atoms with E-state index in [1.165, 1.54) is 19.1 Å². The number of carbonyl (C=O) groups excluding carboxylic acids is 1. The first-order valence-electron chi connectivity index (χ1n) is 4.59. The number of nitro benzene ring substituents is 1. The van der Waals surface area contributed by atoms with Gasteiger partial charge < -0.3 is 9.84 Å². The van der Waals surface area contributed by atoms with E-state index in [0.717, 1.165) is 6.07 Å². The normalized spacial score (nSPS) is 11.9. The van der Waals surface area contributed by atoms with Gasteiger partial charge >= 0.3 is 5.69 Å². The molecule has 1 unspecified atom stereocenters. The van der Waals surface area contributed by atoms with Gasteiger partial charge in [-0.1, -0.05) is 0 Å². The molecule has 0 amide bonds. The van der Waals surface area contributed by atoms with Crippen LogP contribution >= 0.6 is 0 Å².